The first-order valence-corrected chi connectivity index (χ1v) is 4.39. The lowest BCUT2D eigenvalue weighted by atomic mass is 9.96. The SMILES string of the molecule is C=C1C2C=CC1C(C(F)(F)F)=C2C(F)(F)F. The highest BCUT2D eigenvalue weighted by molar-refractivity contribution is 5.53. The minimum absolute atomic E-state index is 0.0420. The van der Waals surface area contributed by atoms with E-state index in [9.17, 15) is 26.3 Å². The fraction of sp³-hybridized carbons (Fsp3) is 0.400. The zero-order valence-electron chi connectivity index (χ0n) is 7.78. The van der Waals surface area contributed by atoms with Crippen molar-refractivity contribution in [3.8, 4) is 0 Å². The molecule has 0 aromatic carbocycles. The van der Waals surface area contributed by atoms with Gasteiger partial charge in [0, 0.05) is 11.8 Å². The van der Waals surface area contributed by atoms with Gasteiger partial charge in [0.15, 0.2) is 0 Å². The van der Waals surface area contributed by atoms with E-state index < -0.39 is 35.3 Å². The van der Waals surface area contributed by atoms with Crippen LogP contribution in [0.2, 0.25) is 0 Å². The van der Waals surface area contributed by atoms with Crippen molar-refractivity contribution in [2.75, 3.05) is 0 Å². The maximum absolute atomic E-state index is 12.5. The van der Waals surface area contributed by atoms with Crippen LogP contribution in [0.4, 0.5) is 26.3 Å². The van der Waals surface area contributed by atoms with Gasteiger partial charge in [-0.15, -0.1) is 0 Å². The predicted octanol–water partition coefficient (Wildman–Crippen LogP) is 3.78. The quantitative estimate of drug-likeness (QED) is 0.446. The number of hydrogen-bond acceptors (Lipinski definition) is 0. The Balaban J connectivity index is 2.59. The van der Waals surface area contributed by atoms with Crippen LogP contribution in [0, 0.1) is 11.8 Å². The summed E-state index contributed by atoms with van der Waals surface area (Å²) in [6.07, 6.45) is -7.66. The molecule has 2 rings (SSSR count). The second kappa shape index (κ2) is 2.93. The van der Waals surface area contributed by atoms with Gasteiger partial charge in [-0.3, -0.25) is 0 Å². The monoisotopic (exact) mass is 240 g/mol. The molecule has 0 heterocycles. The zero-order chi connectivity index (χ0) is 12.3. The van der Waals surface area contributed by atoms with Crippen molar-refractivity contribution in [1.29, 1.82) is 0 Å². The Labute approximate surface area is 86.9 Å². The van der Waals surface area contributed by atoms with Crippen LogP contribution in [0.3, 0.4) is 0 Å². The van der Waals surface area contributed by atoms with Crippen molar-refractivity contribution in [3.05, 3.63) is 35.5 Å². The lowest BCUT2D eigenvalue weighted by Gasteiger charge is -2.19. The van der Waals surface area contributed by atoms with Crippen molar-refractivity contribution in [2.24, 2.45) is 11.8 Å². The van der Waals surface area contributed by atoms with Crippen LogP contribution in [0.5, 0.6) is 0 Å². The molecule has 0 aromatic heterocycles. The van der Waals surface area contributed by atoms with Crippen LogP contribution in [0.1, 0.15) is 0 Å². The first-order chi connectivity index (χ1) is 7.14. The summed E-state index contributed by atoms with van der Waals surface area (Å²) in [6, 6.07) is 0. The number of fused-ring (bicyclic) bond motifs is 2. The molecule has 0 aromatic rings. The third kappa shape index (κ3) is 1.39. The van der Waals surface area contributed by atoms with Gasteiger partial charge in [0.05, 0.1) is 11.1 Å². The first kappa shape index (κ1) is 11.3. The van der Waals surface area contributed by atoms with E-state index in [1.807, 2.05) is 0 Å². The van der Waals surface area contributed by atoms with Gasteiger partial charge in [-0.1, -0.05) is 24.3 Å². The van der Waals surface area contributed by atoms with Gasteiger partial charge in [0.2, 0.25) is 0 Å². The van der Waals surface area contributed by atoms with Crippen LogP contribution in [-0.2, 0) is 0 Å². The maximum atomic E-state index is 12.5. The highest BCUT2D eigenvalue weighted by atomic mass is 19.4. The maximum Gasteiger partial charge on any atom is 0.413 e. The molecule has 2 aliphatic carbocycles. The summed E-state index contributed by atoms with van der Waals surface area (Å²) < 4.78 is 75.2. The predicted molar refractivity (Wildman–Crippen MR) is 44.4 cm³/mol. The largest absolute Gasteiger partial charge is 0.413 e. The van der Waals surface area contributed by atoms with Gasteiger partial charge >= 0.3 is 12.4 Å². The third-order valence-electron chi connectivity index (χ3n) is 2.82. The van der Waals surface area contributed by atoms with E-state index in [0.29, 0.717) is 0 Å². The summed E-state index contributed by atoms with van der Waals surface area (Å²) in [7, 11) is 0. The molecule has 16 heavy (non-hydrogen) atoms. The molecule has 0 fully saturated rings. The second-order valence-electron chi connectivity index (χ2n) is 3.74. The molecule has 0 nitrogen and oxygen atoms in total. The Morgan fingerprint density at radius 2 is 1.12 bits per heavy atom. The fourth-order valence-electron chi connectivity index (χ4n) is 2.22. The Morgan fingerprint density at radius 1 is 0.812 bits per heavy atom. The summed E-state index contributed by atoms with van der Waals surface area (Å²) in [5, 5.41) is 0. The summed E-state index contributed by atoms with van der Waals surface area (Å²) in [5.74, 6) is -2.66. The summed E-state index contributed by atoms with van der Waals surface area (Å²) >= 11 is 0. The average Bonchev–Trinajstić information content (AvgIpc) is 2.56. The van der Waals surface area contributed by atoms with Crippen LogP contribution in [0.25, 0.3) is 0 Å². The summed E-state index contributed by atoms with van der Waals surface area (Å²) in [4.78, 5) is 0. The van der Waals surface area contributed by atoms with E-state index in [4.69, 9.17) is 0 Å². The van der Waals surface area contributed by atoms with E-state index in [1.165, 1.54) is 0 Å². The van der Waals surface area contributed by atoms with Crippen LogP contribution < -0.4 is 0 Å². The molecular weight excluding hydrogens is 234 g/mol. The van der Waals surface area contributed by atoms with Gasteiger partial charge < -0.3 is 0 Å². The van der Waals surface area contributed by atoms with Crippen molar-refractivity contribution >= 4 is 0 Å². The molecule has 0 spiro atoms. The summed E-state index contributed by atoms with van der Waals surface area (Å²) in [6.45, 7) is 3.30. The highest BCUT2D eigenvalue weighted by Crippen LogP contribution is 2.56. The van der Waals surface area contributed by atoms with Crippen molar-refractivity contribution in [3.63, 3.8) is 0 Å². The number of rotatable bonds is 0. The minimum Gasteiger partial charge on any atom is -0.166 e. The van der Waals surface area contributed by atoms with E-state index >= 15 is 0 Å². The Morgan fingerprint density at radius 3 is 1.38 bits per heavy atom. The van der Waals surface area contributed by atoms with Gasteiger partial charge in [-0.2, -0.15) is 26.3 Å². The smallest absolute Gasteiger partial charge is 0.166 e. The molecule has 2 bridgehead atoms. The molecule has 0 aliphatic heterocycles. The normalized spacial score (nSPS) is 29.5. The Bertz CT molecular complexity index is 370. The van der Waals surface area contributed by atoms with Crippen molar-refractivity contribution in [1.82, 2.24) is 0 Å². The third-order valence-corrected chi connectivity index (χ3v) is 2.82. The van der Waals surface area contributed by atoms with E-state index in [-0.39, 0.29) is 5.57 Å². The van der Waals surface area contributed by atoms with Gasteiger partial charge in [0.25, 0.3) is 0 Å². The number of hydrogen-bond donors (Lipinski definition) is 0. The highest BCUT2D eigenvalue weighted by Gasteiger charge is 2.57. The molecule has 0 radical (unpaired) electrons. The number of halogens is 6. The van der Waals surface area contributed by atoms with Crippen LogP contribution in [-0.4, -0.2) is 12.4 Å². The topological polar surface area (TPSA) is 0 Å². The molecule has 2 aliphatic rings. The standard InChI is InChI=1S/C10H6F6/c1-4-5-2-3-6(4)8(10(14,15)16)7(5)9(11,12)13/h2-3,5-6H,1H2. The van der Waals surface area contributed by atoms with Crippen LogP contribution >= 0.6 is 0 Å². The lowest BCUT2D eigenvalue weighted by Crippen LogP contribution is -2.25. The average molecular weight is 240 g/mol. The molecule has 0 saturated carbocycles. The molecular formula is C10H6F6. The molecule has 0 N–H and O–H groups in total. The zero-order valence-corrected chi connectivity index (χ0v) is 7.78. The minimum atomic E-state index is -4.96. The number of allylic oxidation sites excluding steroid dienone is 5. The molecule has 0 amide bonds. The lowest BCUT2D eigenvalue weighted by molar-refractivity contribution is -0.118. The number of alkyl halides is 6. The molecule has 6 heteroatoms. The second-order valence-corrected chi connectivity index (χ2v) is 3.74. The Hall–Kier alpha value is -1.20. The Kier molecular flexibility index (Phi) is 2.06. The molecule has 88 valence electrons. The van der Waals surface area contributed by atoms with Crippen molar-refractivity contribution < 1.29 is 26.3 Å². The van der Waals surface area contributed by atoms with Gasteiger partial charge in [-0.05, 0) is 0 Å². The molecule has 0 saturated heterocycles. The van der Waals surface area contributed by atoms with Crippen molar-refractivity contribution in [2.45, 2.75) is 12.4 Å². The van der Waals surface area contributed by atoms with E-state index in [0.717, 1.165) is 12.2 Å². The fourth-order valence-corrected chi connectivity index (χ4v) is 2.22. The van der Waals surface area contributed by atoms with E-state index in [2.05, 4.69) is 6.58 Å². The molecule has 2 atom stereocenters. The van der Waals surface area contributed by atoms with Gasteiger partial charge in [-0.25, -0.2) is 0 Å². The van der Waals surface area contributed by atoms with Crippen LogP contribution in [0.15, 0.2) is 35.5 Å². The van der Waals surface area contributed by atoms with Gasteiger partial charge in [0.1, 0.15) is 0 Å². The molecule has 2 unspecified atom stereocenters. The first-order valence-electron chi connectivity index (χ1n) is 4.39. The van der Waals surface area contributed by atoms with E-state index in [1.54, 1.807) is 0 Å². The summed E-state index contributed by atoms with van der Waals surface area (Å²) in [5.41, 5.74) is -3.05.